The van der Waals surface area contributed by atoms with Crippen molar-refractivity contribution in [1.29, 1.82) is 0 Å². The SMILES string of the molecule is O=C(CSCc1ccccn1)N1CCC(c2ncco2)CC1. The number of hydrogen-bond acceptors (Lipinski definition) is 5. The summed E-state index contributed by atoms with van der Waals surface area (Å²) in [6.07, 6.45) is 6.93. The number of nitrogens with zero attached hydrogens (tertiary/aromatic N) is 3. The van der Waals surface area contributed by atoms with Gasteiger partial charge in [0.1, 0.15) is 6.26 Å². The van der Waals surface area contributed by atoms with Crippen molar-refractivity contribution in [3.63, 3.8) is 0 Å². The number of amides is 1. The predicted octanol–water partition coefficient (Wildman–Crippen LogP) is 2.71. The highest BCUT2D eigenvalue weighted by Crippen LogP contribution is 2.27. The number of oxazole rings is 1. The standard InChI is InChI=1S/C16H19N3O2S/c20-15(12-22-11-14-3-1-2-6-17-14)19-8-4-13(5-9-19)16-18-7-10-21-16/h1-3,6-7,10,13H,4-5,8-9,11-12H2. The van der Waals surface area contributed by atoms with Crippen LogP contribution in [-0.4, -0.2) is 39.6 Å². The van der Waals surface area contributed by atoms with E-state index in [1.54, 1.807) is 30.4 Å². The van der Waals surface area contributed by atoms with Gasteiger partial charge in [0.2, 0.25) is 5.91 Å². The molecule has 6 heteroatoms. The van der Waals surface area contributed by atoms with Gasteiger partial charge >= 0.3 is 0 Å². The Morgan fingerprint density at radius 3 is 2.82 bits per heavy atom. The van der Waals surface area contributed by atoms with Crippen LogP contribution in [0, 0.1) is 0 Å². The number of carbonyl (C=O) groups excluding carboxylic acids is 1. The minimum absolute atomic E-state index is 0.215. The Balaban J connectivity index is 1.40. The second-order valence-corrected chi connectivity index (χ2v) is 6.32. The summed E-state index contributed by atoms with van der Waals surface area (Å²) in [5.74, 6) is 2.66. The van der Waals surface area contributed by atoms with Crippen LogP contribution in [0.25, 0.3) is 0 Å². The van der Waals surface area contributed by atoms with Gasteiger partial charge in [-0.25, -0.2) is 4.98 Å². The van der Waals surface area contributed by atoms with Crippen molar-refractivity contribution >= 4 is 17.7 Å². The fourth-order valence-corrected chi connectivity index (χ4v) is 3.47. The molecule has 0 unspecified atom stereocenters. The van der Waals surface area contributed by atoms with Gasteiger partial charge in [0.15, 0.2) is 5.89 Å². The van der Waals surface area contributed by atoms with Crippen LogP contribution < -0.4 is 0 Å². The second-order valence-electron chi connectivity index (χ2n) is 5.34. The Kier molecular flexibility index (Phi) is 5.11. The lowest BCUT2D eigenvalue weighted by molar-refractivity contribution is -0.129. The van der Waals surface area contributed by atoms with Crippen LogP contribution in [0.5, 0.6) is 0 Å². The molecule has 0 spiro atoms. The van der Waals surface area contributed by atoms with Crippen LogP contribution in [0.3, 0.4) is 0 Å². The third-order valence-electron chi connectivity index (χ3n) is 3.85. The normalized spacial score (nSPS) is 15.9. The molecule has 2 aromatic rings. The molecule has 5 nitrogen and oxygen atoms in total. The van der Waals surface area contributed by atoms with Gasteiger partial charge in [-0.3, -0.25) is 9.78 Å². The highest BCUT2D eigenvalue weighted by atomic mass is 32.2. The van der Waals surface area contributed by atoms with E-state index in [0.29, 0.717) is 11.7 Å². The number of rotatable bonds is 5. The fourth-order valence-electron chi connectivity index (χ4n) is 2.63. The van der Waals surface area contributed by atoms with Crippen molar-refractivity contribution in [2.45, 2.75) is 24.5 Å². The average Bonchev–Trinajstić information content (AvgIpc) is 3.10. The van der Waals surface area contributed by atoms with Crippen LogP contribution >= 0.6 is 11.8 Å². The quantitative estimate of drug-likeness (QED) is 0.848. The molecule has 1 fully saturated rings. The number of aromatic nitrogens is 2. The monoisotopic (exact) mass is 317 g/mol. The summed E-state index contributed by atoms with van der Waals surface area (Å²) in [5, 5.41) is 0. The van der Waals surface area contributed by atoms with Gasteiger partial charge in [-0.1, -0.05) is 6.07 Å². The van der Waals surface area contributed by atoms with Crippen molar-refractivity contribution in [2.24, 2.45) is 0 Å². The molecule has 22 heavy (non-hydrogen) atoms. The topological polar surface area (TPSA) is 59.2 Å². The Morgan fingerprint density at radius 1 is 1.27 bits per heavy atom. The van der Waals surface area contributed by atoms with E-state index in [4.69, 9.17) is 4.42 Å². The molecule has 0 bridgehead atoms. The van der Waals surface area contributed by atoms with Crippen molar-refractivity contribution < 1.29 is 9.21 Å². The van der Waals surface area contributed by atoms with Gasteiger partial charge in [0.25, 0.3) is 0 Å². The van der Waals surface area contributed by atoms with Gasteiger partial charge < -0.3 is 9.32 Å². The molecule has 0 aliphatic carbocycles. The first-order chi connectivity index (χ1) is 10.8. The highest BCUT2D eigenvalue weighted by molar-refractivity contribution is 7.99. The van der Waals surface area contributed by atoms with Gasteiger partial charge in [-0.05, 0) is 25.0 Å². The van der Waals surface area contributed by atoms with Crippen LogP contribution in [0.1, 0.15) is 30.3 Å². The summed E-state index contributed by atoms with van der Waals surface area (Å²) >= 11 is 1.62. The Bertz CT molecular complexity index is 581. The summed E-state index contributed by atoms with van der Waals surface area (Å²) < 4.78 is 5.36. The lowest BCUT2D eigenvalue weighted by Gasteiger charge is -2.30. The molecule has 3 rings (SSSR count). The molecule has 1 amide bonds. The molecule has 0 atom stereocenters. The number of thioether (sulfide) groups is 1. The van der Waals surface area contributed by atoms with E-state index in [-0.39, 0.29) is 5.91 Å². The van der Waals surface area contributed by atoms with Gasteiger partial charge in [0, 0.05) is 31.0 Å². The summed E-state index contributed by atoms with van der Waals surface area (Å²) in [7, 11) is 0. The Labute approximate surface area is 134 Å². The summed E-state index contributed by atoms with van der Waals surface area (Å²) in [5.41, 5.74) is 1.02. The lowest BCUT2D eigenvalue weighted by atomic mass is 9.97. The Morgan fingerprint density at radius 2 is 2.14 bits per heavy atom. The molecule has 1 saturated heterocycles. The van der Waals surface area contributed by atoms with Crippen LogP contribution in [0.15, 0.2) is 41.3 Å². The molecular formula is C16H19N3O2S. The third kappa shape index (κ3) is 3.88. The van der Waals surface area contributed by atoms with Gasteiger partial charge in [-0.2, -0.15) is 0 Å². The zero-order valence-electron chi connectivity index (χ0n) is 12.4. The van der Waals surface area contributed by atoms with Crippen molar-refractivity contribution in [3.05, 3.63) is 48.4 Å². The number of pyridine rings is 1. The maximum absolute atomic E-state index is 12.2. The zero-order chi connectivity index (χ0) is 15.2. The first-order valence-electron chi connectivity index (χ1n) is 7.48. The van der Waals surface area contributed by atoms with Crippen molar-refractivity contribution in [1.82, 2.24) is 14.9 Å². The van der Waals surface area contributed by atoms with E-state index in [1.807, 2.05) is 23.1 Å². The molecule has 2 aromatic heterocycles. The second kappa shape index (κ2) is 7.45. The van der Waals surface area contributed by atoms with Gasteiger partial charge in [-0.15, -0.1) is 11.8 Å². The van der Waals surface area contributed by atoms with E-state index in [2.05, 4.69) is 9.97 Å². The number of likely N-dealkylation sites (tertiary alicyclic amines) is 1. The molecular weight excluding hydrogens is 298 g/mol. The van der Waals surface area contributed by atoms with Crippen LogP contribution in [0.4, 0.5) is 0 Å². The predicted molar refractivity (Wildman–Crippen MR) is 85.5 cm³/mol. The van der Waals surface area contributed by atoms with E-state index >= 15 is 0 Å². The minimum atomic E-state index is 0.215. The first-order valence-corrected chi connectivity index (χ1v) is 8.63. The smallest absolute Gasteiger partial charge is 0.232 e. The highest BCUT2D eigenvalue weighted by Gasteiger charge is 2.25. The third-order valence-corrected chi connectivity index (χ3v) is 4.80. The van der Waals surface area contributed by atoms with E-state index in [9.17, 15) is 4.79 Å². The maximum Gasteiger partial charge on any atom is 0.232 e. The summed E-state index contributed by atoms with van der Waals surface area (Å²) in [6, 6.07) is 5.86. The number of piperidine rings is 1. The lowest BCUT2D eigenvalue weighted by Crippen LogP contribution is -2.39. The van der Waals surface area contributed by atoms with E-state index < -0.39 is 0 Å². The van der Waals surface area contributed by atoms with Gasteiger partial charge in [0.05, 0.1) is 17.6 Å². The average molecular weight is 317 g/mol. The summed E-state index contributed by atoms with van der Waals surface area (Å²) in [4.78, 5) is 22.7. The molecule has 0 aromatic carbocycles. The van der Waals surface area contributed by atoms with E-state index in [1.165, 1.54) is 0 Å². The molecule has 1 aliphatic rings. The molecule has 0 N–H and O–H groups in total. The maximum atomic E-state index is 12.2. The van der Waals surface area contributed by atoms with Crippen LogP contribution in [-0.2, 0) is 10.5 Å². The molecule has 1 aliphatic heterocycles. The molecule has 3 heterocycles. The van der Waals surface area contributed by atoms with E-state index in [0.717, 1.165) is 43.3 Å². The van der Waals surface area contributed by atoms with Crippen molar-refractivity contribution in [2.75, 3.05) is 18.8 Å². The molecule has 0 radical (unpaired) electrons. The molecule has 0 saturated carbocycles. The minimum Gasteiger partial charge on any atom is -0.449 e. The number of carbonyl (C=O) groups is 1. The molecule has 116 valence electrons. The van der Waals surface area contributed by atoms with Crippen molar-refractivity contribution in [3.8, 4) is 0 Å². The first kappa shape index (κ1) is 15.1. The summed E-state index contributed by atoms with van der Waals surface area (Å²) in [6.45, 7) is 1.58. The largest absolute Gasteiger partial charge is 0.449 e. The van der Waals surface area contributed by atoms with Crippen LogP contribution in [0.2, 0.25) is 0 Å². The fraction of sp³-hybridized carbons (Fsp3) is 0.438. The zero-order valence-corrected chi connectivity index (χ0v) is 13.2. The Hall–Kier alpha value is -1.82. The number of hydrogen-bond donors (Lipinski definition) is 0.